The maximum Gasteiger partial charge on any atom is 0.319 e. The van der Waals surface area contributed by atoms with Gasteiger partial charge in [-0.3, -0.25) is 0 Å². The summed E-state index contributed by atoms with van der Waals surface area (Å²) in [5.41, 5.74) is 1.17. The number of pyridine rings is 1. The zero-order valence-electron chi connectivity index (χ0n) is 17.1. The van der Waals surface area contributed by atoms with Crippen molar-refractivity contribution in [3.8, 4) is 5.88 Å². The van der Waals surface area contributed by atoms with Crippen molar-refractivity contribution < 1.29 is 17.9 Å². The number of amides is 2. The van der Waals surface area contributed by atoms with Gasteiger partial charge in [0.1, 0.15) is 0 Å². The van der Waals surface area contributed by atoms with Gasteiger partial charge in [-0.25, -0.2) is 18.2 Å². The number of carbonyl (C=O) groups is 1. The van der Waals surface area contributed by atoms with Gasteiger partial charge in [-0.2, -0.15) is 4.31 Å². The van der Waals surface area contributed by atoms with Gasteiger partial charge in [0.2, 0.25) is 15.9 Å². The van der Waals surface area contributed by atoms with Gasteiger partial charge < -0.3 is 15.4 Å². The summed E-state index contributed by atoms with van der Waals surface area (Å²) in [7, 11) is -3.57. The number of hydrogen-bond donors (Lipinski definition) is 2. The average Bonchev–Trinajstić information content (AvgIpc) is 3.04. The molecule has 1 aliphatic heterocycles. The molecule has 2 aromatic rings. The highest BCUT2D eigenvalue weighted by molar-refractivity contribution is 7.89. The second-order valence-electron chi connectivity index (χ2n) is 7.05. The first-order valence-electron chi connectivity index (χ1n) is 10.2. The van der Waals surface area contributed by atoms with Gasteiger partial charge in [-0.05, 0) is 44.0 Å². The van der Waals surface area contributed by atoms with Crippen molar-refractivity contribution in [1.82, 2.24) is 14.6 Å². The first kappa shape index (κ1) is 22.0. The number of aromatic nitrogens is 1. The summed E-state index contributed by atoms with van der Waals surface area (Å²) in [4.78, 5) is 16.7. The predicted molar refractivity (Wildman–Crippen MR) is 115 cm³/mol. The van der Waals surface area contributed by atoms with Crippen molar-refractivity contribution in [3.05, 3.63) is 48.2 Å². The van der Waals surface area contributed by atoms with Crippen LogP contribution in [-0.4, -0.2) is 43.4 Å². The second-order valence-corrected chi connectivity index (χ2v) is 8.99. The van der Waals surface area contributed by atoms with Crippen molar-refractivity contribution >= 4 is 21.7 Å². The van der Waals surface area contributed by atoms with Gasteiger partial charge in [-0.1, -0.05) is 25.0 Å². The van der Waals surface area contributed by atoms with Crippen molar-refractivity contribution in [2.75, 3.05) is 25.0 Å². The van der Waals surface area contributed by atoms with E-state index in [0.29, 0.717) is 31.3 Å². The minimum Gasteiger partial charge on any atom is -0.478 e. The molecule has 0 bridgehead atoms. The van der Waals surface area contributed by atoms with Crippen LogP contribution in [0.15, 0.2) is 47.5 Å². The molecule has 8 nitrogen and oxygen atoms in total. The molecular weight excluding hydrogens is 404 g/mol. The quantitative estimate of drug-likeness (QED) is 0.699. The van der Waals surface area contributed by atoms with Crippen LogP contribution in [0, 0.1) is 0 Å². The topological polar surface area (TPSA) is 101 Å². The highest BCUT2D eigenvalue weighted by atomic mass is 32.2. The summed E-state index contributed by atoms with van der Waals surface area (Å²) >= 11 is 0. The zero-order chi connectivity index (χ0) is 21.4. The van der Waals surface area contributed by atoms with E-state index in [1.807, 2.05) is 13.0 Å². The molecule has 1 aromatic heterocycles. The molecule has 3 rings (SSSR count). The van der Waals surface area contributed by atoms with Crippen LogP contribution in [0.1, 0.15) is 38.2 Å². The molecule has 0 unspecified atom stereocenters. The Bertz CT molecular complexity index is 957. The van der Waals surface area contributed by atoms with Gasteiger partial charge in [0.25, 0.3) is 0 Å². The molecule has 1 saturated heterocycles. The third-order valence-corrected chi connectivity index (χ3v) is 6.76. The number of nitrogens with one attached hydrogen (secondary N) is 2. The summed E-state index contributed by atoms with van der Waals surface area (Å²) in [5.74, 6) is 0.478. The summed E-state index contributed by atoms with van der Waals surface area (Å²) in [6.45, 7) is 3.65. The highest BCUT2D eigenvalue weighted by Gasteiger charge is 2.25. The Kier molecular flexibility index (Phi) is 7.64. The first-order valence-corrected chi connectivity index (χ1v) is 11.7. The van der Waals surface area contributed by atoms with Crippen LogP contribution in [0.25, 0.3) is 0 Å². The molecular formula is C21H28N4O4S. The summed E-state index contributed by atoms with van der Waals surface area (Å²) in [5, 5.41) is 5.44. The number of anilines is 1. The van der Waals surface area contributed by atoms with Gasteiger partial charge >= 0.3 is 6.03 Å². The molecule has 0 aliphatic carbocycles. The molecule has 1 fully saturated rings. The van der Waals surface area contributed by atoms with Crippen LogP contribution in [0.3, 0.4) is 0 Å². The van der Waals surface area contributed by atoms with Crippen LogP contribution in [0.4, 0.5) is 10.5 Å². The minimum atomic E-state index is -3.57. The molecule has 9 heteroatoms. The molecule has 2 N–H and O–H groups in total. The van der Waals surface area contributed by atoms with Gasteiger partial charge in [0, 0.05) is 37.1 Å². The van der Waals surface area contributed by atoms with Crippen LogP contribution >= 0.6 is 0 Å². The molecule has 2 amide bonds. The predicted octanol–water partition coefficient (Wildman–Crippen LogP) is 3.37. The Morgan fingerprint density at radius 2 is 1.90 bits per heavy atom. The number of rotatable bonds is 7. The number of nitrogens with zero attached hydrogens (tertiary/aromatic N) is 2. The lowest BCUT2D eigenvalue weighted by Gasteiger charge is -2.20. The Morgan fingerprint density at radius 1 is 1.13 bits per heavy atom. The lowest BCUT2D eigenvalue weighted by molar-refractivity contribution is 0.251. The van der Waals surface area contributed by atoms with Crippen molar-refractivity contribution in [3.63, 3.8) is 0 Å². The Morgan fingerprint density at radius 3 is 2.63 bits per heavy atom. The zero-order valence-corrected chi connectivity index (χ0v) is 18.0. The standard InChI is InChI=1S/C21H28N4O4S/c1-2-29-20-17(9-8-12-22-20)16-23-21(26)24-18-10-7-11-19(15-18)30(27,28)25-13-5-3-4-6-14-25/h7-12,15H,2-6,13-14,16H2,1H3,(H2,23,24,26). The second kappa shape index (κ2) is 10.4. The molecule has 0 saturated carbocycles. The number of hydrogen-bond acceptors (Lipinski definition) is 5. The smallest absolute Gasteiger partial charge is 0.319 e. The highest BCUT2D eigenvalue weighted by Crippen LogP contribution is 2.22. The number of carbonyl (C=O) groups excluding carboxylic acids is 1. The van der Waals surface area contributed by atoms with Gasteiger partial charge in [0.15, 0.2) is 0 Å². The normalized spacial score (nSPS) is 15.2. The molecule has 0 atom stereocenters. The van der Waals surface area contributed by atoms with Crippen molar-refractivity contribution in [2.24, 2.45) is 0 Å². The fraction of sp³-hybridized carbons (Fsp3) is 0.429. The molecule has 30 heavy (non-hydrogen) atoms. The van der Waals surface area contributed by atoms with Crippen LogP contribution in [-0.2, 0) is 16.6 Å². The maximum absolute atomic E-state index is 13.0. The van der Waals surface area contributed by atoms with Gasteiger partial charge in [0.05, 0.1) is 11.5 Å². The molecule has 0 radical (unpaired) electrons. The SMILES string of the molecule is CCOc1ncccc1CNC(=O)Nc1cccc(S(=O)(=O)N2CCCCCC2)c1. The van der Waals surface area contributed by atoms with Crippen molar-refractivity contribution in [1.29, 1.82) is 0 Å². The van der Waals surface area contributed by atoms with E-state index in [-0.39, 0.29) is 11.4 Å². The van der Waals surface area contributed by atoms with E-state index < -0.39 is 16.1 Å². The summed E-state index contributed by atoms with van der Waals surface area (Å²) in [6.07, 6.45) is 5.48. The molecule has 1 aliphatic rings. The largest absolute Gasteiger partial charge is 0.478 e. The fourth-order valence-electron chi connectivity index (χ4n) is 3.34. The number of ether oxygens (including phenoxy) is 1. The Labute approximate surface area is 177 Å². The van der Waals surface area contributed by atoms with E-state index in [2.05, 4.69) is 15.6 Å². The first-order chi connectivity index (χ1) is 14.5. The number of sulfonamides is 1. The van der Waals surface area contributed by atoms with E-state index in [0.717, 1.165) is 31.2 Å². The van der Waals surface area contributed by atoms with E-state index >= 15 is 0 Å². The third-order valence-electron chi connectivity index (χ3n) is 4.87. The lowest BCUT2D eigenvalue weighted by Crippen LogP contribution is -2.32. The number of benzene rings is 1. The van der Waals surface area contributed by atoms with Crippen LogP contribution in [0.2, 0.25) is 0 Å². The number of urea groups is 1. The Hall–Kier alpha value is -2.65. The Balaban J connectivity index is 1.64. The van der Waals surface area contributed by atoms with Crippen LogP contribution < -0.4 is 15.4 Å². The molecule has 162 valence electrons. The molecule has 2 heterocycles. The molecule has 0 spiro atoms. The van der Waals surface area contributed by atoms with E-state index in [4.69, 9.17) is 4.74 Å². The van der Waals surface area contributed by atoms with E-state index in [9.17, 15) is 13.2 Å². The monoisotopic (exact) mass is 432 g/mol. The fourth-order valence-corrected chi connectivity index (χ4v) is 4.91. The molecule has 1 aromatic carbocycles. The van der Waals surface area contributed by atoms with E-state index in [1.165, 1.54) is 10.4 Å². The third kappa shape index (κ3) is 5.70. The lowest BCUT2D eigenvalue weighted by atomic mass is 10.2. The summed E-state index contributed by atoms with van der Waals surface area (Å²) in [6, 6.07) is 9.51. The average molecular weight is 433 g/mol. The maximum atomic E-state index is 13.0. The minimum absolute atomic E-state index is 0.188. The van der Waals surface area contributed by atoms with Crippen LogP contribution in [0.5, 0.6) is 5.88 Å². The van der Waals surface area contributed by atoms with Crippen molar-refractivity contribution in [2.45, 2.75) is 44.0 Å². The van der Waals surface area contributed by atoms with Gasteiger partial charge in [-0.15, -0.1) is 0 Å². The van der Waals surface area contributed by atoms with E-state index in [1.54, 1.807) is 30.5 Å². The summed E-state index contributed by atoms with van der Waals surface area (Å²) < 4.78 is 32.9.